The van der Waals surface area contributed by atoms with Crippen LogP contribution in [0.4, 0.5) is 5.82 Å². The van der Waals surface area contributed by atoms with Crippen LogP contribution in [-0.4, -0.2) is 22.1 Å². The lowest BCUT2D eigenvalue weighted by molar-refractivity contribution is -0.147. The highest BCUT2D eigenvalue weighted by Gasteiger charge is 2.45. The van der Waals surface area contributed by atoms with E-state index in [1.165, 1.54) is 0 Å². The Kier molecular flexibility index (Phi) is 3.20. The van der Waals surface area contributed by atoms with Gasteiger partial charge in [-0.3, -0.25) is 9.59 Å². The number of rotatable bonds is 3. The van der Waals surface area contributed by atoms with Crippen LogP contribution in [0.1, 0.15) is 26.2 Å². The van der Waals surface area contributed by atoms with Crippen LogP contribution in [0.3, 0.4) is 0 Å². The lowest BCUT2D eigenvalue weighted by atomic mass is 9.85. The van der Waals surface area contributed by atoms with Crippen LogP contribution in [0.5, 0.6) is 0 Å². The number of anilines is 1. The summed E-state index contributed by atoms with van der Waals surface area (Å²) in [5, 5.41) is 14.1. The first-order chi connectivity index (χ1) is 10.0. The molecule has 1 aromatic heterocycles. The monoisotopic (exact) mass is 286 g/mol. The van der Waals surface area contributed by atoms with Gasteiger partial charge in [0.25, 0.3) is 5.56 Å². The van der Waals surface area contributed by atoms with Gasteiger partial charge in [0.1, 0.15) is 5.82 Å². The summed E-state index contributed by atoms with van der Waals surface area (Å²) in [6.45, 7) is 1.76. The van der Waals surface area contributed by atoms with Gasteiger partial charge >= 0.3 is 5.97 Å². The molecule has 1 aromatic carbocycles. The van der Waals surface area contributed by atoms with Gasteiger partial charge in [-0.05, 0) is 37.3 Å². The minimum Gasteiger partial charge on any atom is -0.481 e. The molecule has 0 radical (unpaired) electrons. The molecule has 2 unspecified atom stereocenters. The summed E-state index contributed by atoms with van der Waals surface area (Å²) >= 11 is 0. The van der Waals surface area contributed by atoms with Gasteiger partial charge in [-0.2, -0.15) is 0 Å². The molecule has 21 heavy (non-hydrogen) atoms. The van der Waals surface area contributed by atoms with Crippen LogP contribution in [0, 0.1) is 5.41 Å². The first-order valence-corrected chi connectivity index (χ1v) is 7.13. The Morgan fingerprint density at radius 1 is 1.43 bits per heavy atom. The summed E-state index contributed by atoms with van der Waals surface area (Å²) in [5.74, 6) is -0.210. The van der Waals surface area contributed by atoms with E-state index in [0.717, 1.165) is 18.2 Å². The van der Waals surface area contributed by atoms with E-state index in [2.05, 4.69) is 10.3 Å². The molecule has 1 fully saturated rings. The first kappa shape index (κ1) is 13.7. The van der Waals surface area contributed by atoms with Crippen molar-refractivity contribution in [3.05, 3.63) is 40.7 Å². The number of aliphatic carboxylic acids is 1. The van der Waals surface area contributed by atoms with E-state index < -0.39 is 11.4 Å². The van der Waals surface area contributed by atoms with Gasteiger partial charge in [-0.25, -0.2) is 0 Å². The van der Waals surface area contributed by atoms with E-state index in [0.29, 0.717) is 17.6 Å². The molecule has 0 amide bonds. The number of carbonyl (C=O) groups is 1. The van der Waals surface area contributed by atoms with E-state index in [-0.39, 0.29) is 11.6 Å². The van der Waals surface area contributed by atoms with Crippen molar-refractivity contribution in [2.75, 3.05) is 5.32 Å². The zero-order valence-electron chi connectivity index (χ0n) is 11.8. The maximum Gasteiger partial charge on any atom is 0.311 e. The van der Waals surface area contributed by atoms with Gasteiger partial charge in [0.05, 0.1) is 5.41 Å². The summed E-state index contributed by atoms with van der Waals surface area (Å²) in [6.07, 6.45) is 2.31. The van der Waals surface area contributed by atoms with Gasteiger partial charge in [-0.1, -0.05) is 24.6 Å². The second-order valence-electron chi connectivity index (χ2n) is 5.91. The van der Waals surface area contributed by atoms with Crippen molar-refractivity contribution in [2.24, 2.45) is 5.41 Å². The fourth-order valence-corrected chi connectivity index (χ4v) is 3.13. The number of pyridine rings is 1. The van der Waals surface area contributed by atoms with Crippen molar-refractivity contribution in [2.45, 2.75) is 32.2 Å². The molecule has 5 heteroatoms. The largest absolute Gasteiger partial charge is 0.481 e. The standard InChI is InChI=1S/C16H18N2O3/c1-16(15(20)21)8-4-7-12(16)17-13-9-10-5-2-3-6-11(10)14(19)18-13/h2-3,5-6,9,12H,4,7-8H2,1H3,(H,20,21)(H2,17,18,19). The molecule has 0 aliphatic heterocycles. The molecule has 1 heterocycles. The highest BCUT2D eigenvalue weighted by Crippen LogP contribution is 2.39. The number of H-pyrrole nitrogens is 1. The summed E-state index contributed by atoms with van der Waals surface area (Å²) in [5.41, 5.74) is -0.951. The molecule has 2 aromatic rings. The maximum absolute atomic E-state index is 12.1. The highest BCUT2D eigenvalue weighted by molar-refractivity contribution is 5.84. The molecular weight excluding hydrogens is 268 g/mol. The molecular formula is C16H18N2O3. The number of aromatic nitrogens is 1. The maximum atomic E-state index is 12.1. The van der Waals surface area contributed by atoms with E-state index in [1.54, 1.807) is 13.0 Å². The van der Waals surface area contributed by atoms with Crippen LogP contribution in [0.15, 0.2) is 35.1 Å². The first-order valence-electron chi connectivity index (χ1n) is 7.13. The van der Waals surface area contributed by atoms with Crippen molar-refractivity contribution in [3.8, 4) is 0 Å². The Morgan fingerprint density at radius 3 is 2.95 bits per heavy atom. The van der Waals surface area contributed by atoms with E-state index in [1.807, 2.05) is 24.3 Å². The fraction of sp³-hybridized carbons (Fsp3) is 0.375. The van der Waals surface area contributed by atoms with Gasteiger partial charge in [0.15, 0.2) is 0 Å². The Balaban J connectivity index is 1.95. The molecule has 3 N–H and O–H groups in total. The number of benzene rings is 1. The van der Waals surface area contributed by atoms with Crippen molar-refractivity contribution in [1.82, 2.24) is 4.98 Å². The molecule has 3 rings (SSSR count). The molecule has 5 nitrogen and oxygen atoms in total. The van der Waals surface area contributed by atoms with Crippen molar-refractivity contribution in [1.29, 1.82) is 0 Å². The summed E-state index contributed by atoms with van der Waals surface area (Å²) < 4.78 is 0. The number of hydrogen-bond acceptors (Lipinski definition) is 3. The van der Waals surface area contributed by atoms with Crippen molar-refractivity contribution < 1.29 is 9.90 Å². The third kappa shape index (κ3) is 2.28. The normalized spacial score (nSPS) is 25.1. The van der Waals surface area contributed by atoms with Crippen LogP contribution in [0.2, 0.25) is 0 Å². The Bertz CT molecular complexity index is 753. The molecule has 1 saturated carbocycles. The van der Waals surface area contributed by atoms with Gasteiger partial charge < -0.3 is 15.4 Å². The number of hydrogen-bond donors (Lipinski definition) is 3. The minimum atomic E-state index is -0.791. The smallest absolute Gasteiger partial charge is 0.311 e. The third-order valence-electron chi connectivity index (χ3n) is 4.53. The summed E-state index contributed by atoms with van der Waals surface area (Å²) in [7, 11) is 0. The summed E-state index contributed by atoms with van der Waals surface area (Å²) in [4.78, 5) is 26.3. The topological polar surface area (TPSA) is 82.2 Å². The van der Waals surface area contributed by atoms with E-state index in [4.69, 9.17) is 0 Å². The molecule has 0 saturated heterocycles. The Morgan fingerprint density at radius 2 is 2.19 bits per heavy atom. The molecule has 0 spiro atoms. The number of aromatic amines is 1. The molecule has 1 aliphatic rings. The van der Waals surface area contributed by atoms with Crippen LogP contribution >= 0.6 is 0 Å². The molecule has 1 aliphatic carbocycles. The molecule has 0 bridgehead atoms. The quantitative estimate of drug-likeness (QED) is 0.810. The van der Waals surface area contributed by atoms with Gasteiger partial charge in [0, 0.05) is 11.4 Å². The highest BCUT2D eigenvalue weighted by atomic mass is 16.4. The third-order valence-corrected chi connectivity index (χ3v) is 4.53. The average Bonchev–Trinajstić information content (AvgIpc) is 2.82. The predicted molar refractivity (Wildman–Crippen MR) is 81.6 cm³/mol. The van der Waals surface area contributed by atoms with Crippen LogP contribution in [-0.2, 0) is 4.79 Å². The SMILES string of the molecule is CC1(C(=O)O)CCCC1Nc1cc2ccccc2c(=O)[nH]1. The van der Waals surface area contributed by atoms with E-state index in [9.17, 15) is 14.7 Å². The number of carboxylic acids is 1. The fourth-order valence-electron chi connectivity index (χ4n) is 3.13. The lowest BCUT2D eigenvalue weighted by Crippen LogP contribution is -2.40. The van der Waals surface area contributed by atoms with Crippen molar-refractivity contribution >= 4 is 22.6 Å². The predicted octanol–water partition coefficient (Wildman–Crippen LogP) is 2.58. The summed E-state index contributed by atoms with van der Waals surface area (Å²) in [6, 6.07) is 9.03. The zero-order chi connectivity index (χ0) is 15.0. The zero-order valence-corrected chi connectivity index (χ0v) is 11.8. The average molecular weight is 286 g/mol. The van der Waals surface area contributed by atoms with Crippen LogP contribution in [0.25, 0.3) is 10.8 Å². The van der Waals surface area contributed by atoms with Gasteiger partial charge in [-0.15, -0.1) is 0 Å². The molecule has 110 valence electrons. The van der Waals surface area contributed by atoms with Crippen LogP contribution < -0.4 is 10.9 Å². The van der Waals surface area contributed by atoms with E-state index >= 15 is 0 Å². The number of nitrogens with one attached hydrogen (secondary N) is 2. The van der Waals surface area contributed by atoms with Crippen molar-refractivity contribution in [3.63, 3.8) is 0 Å². The number of fused-ring (bicyclic) bond motifs is 1. The second kappa shape index (κ2) is 4.91. The number of carboxylic acid groups (broad SMARTS) is 1. The second-order valence-corrected chi connectivity index (χ2v) is 5.91. The Hall–Kier alpha value is -2.30. The van der Waals surface area contributed by atoms with Gasteiger partial charge in [0.2, 0.25) is 0 Å². The molecule has 2 atom stereocenters. The lowest BCUT2D eigenvalue weighted by Gasteiger charge is -2.28. The minimum absolute atomic E-state index is 0.161. The Labute approximate surface area is 122 Å².